The molecule has 20 heavy (non-hydrogen) atoms. The van der Waals surface area contributed by atoms with Gasteiger partial charge in [-0.05, 0) is 25.0 Å². The van der Waals surface area contributed by atoms with Gasteiger partial charge < -0.3 is 4.74 Å². The van der Waals surface area contributed by atoms with Gasteiger partial charge in [-0.2, -0.15) is 0 Å². The van der Waals surface area contributed by atoms with Crippen LogP contribution >= 0.6 is 11.6 Å². The van der Waals surface area contributed by atoms with E-state index in [0.29, 0.717) is 5.02 Å². The Bertz CT molecular complexity index is 475. The molecule has 0 aromatic heterocycles. The van der Waals surface area contributed by atoms with Crippen LogP contribution in [0.2, 0.25) is 5.02 Å². The van der Waals surface area contributed by atoms with Crippen molar-refractivity contribution in [2.24, 2.45) is 0 Å². The summed E-state index contributed by atoms with van der Waals surface area (Å²) in [5.41, 5.74) is 0.284. The molecule has 0 heterocycles. The second-order valence-corrected chi connectivity index (χ2v) is 5.56. The van der Waals surface area contributed by atoms with Crippen molar-refractivity contribution in [3.05, 3.63) is 34.6 Å². The third-order valence-corrected chi connectivity index (χ3v) is 3.95. The number of halogens is 2. The zero-order valence-corrected chi connectivity index (χ0v) is 12.3. The maximum Gasteiger partial charge on any atom is 0.327 e. The van der Waals surface area contributed by atoms with Crippen molar-refractivity contribution in [3.8, 4) is 0 Å². The Morgan fingerprint density at radius 2 is 2.10 bits per heavy atom. The van der Waals surface area contributed by atoms with Crippen molar-refractivity contribution in [1.82, 2.24) is 5.32 Å². The number of carbonyl (C=O) groups excluding carboxylic acids is 1. The van der Waals surface area contributed by atoms with Crippen LogP contribution in [0, 0.1) is 5.82 Å². The van der Waals surface area contributed by atoms with Crippen LogP contribution in [0.15, 0.2) is 18.2 Å². The fourth-order valence-electron chi connectivity index (χ4n) is 2.64. The minimum atomic E-state index is -0.777. The van der Waals surface area contributed by atoms with E-state index in [0.717, 1.165) is 25.7 Å². The third kappa shape index (κ3) is 3.70. The summed E-state index contributed by atoms with van der Waals surface area (Å²) >= 11 is 5.75. The standard InChI is InChI=1S/C15H19ClFNO2/c1-20-15(19)14(18-11-5-3-2-4-6-11)12-8-7-10(16)9-13(12)17/h7-9,11,14,18H,2-6H2,1H3. The van der Waals surface area contributed by atoms with Crippen LogP contribution in [0.1, 0.15) is 43.7 Å². The van der Waals surface area contributed by atoms with E-state index >= 15 is 0 Å². The lowest BCUT2D eigenvalue weighted by molar-refractivity contribution is -0.143. The molecule has 1 N–H and O–H groups in total. The molecule has 1 aliphatic carbocycles. The number of ether oxygens (including phenoxy) is 1. The average Bonchev–Trinajstić information content (AvgIpc) is 2.46. The molecule has 1 saturated carbocycles. The topological polar surface area (TPSA) is 38.3 Å². The van der Waals surface area contributed by atoms with Crippen molar-refractivity contribution < 1.29 is 13.9 Å². The largest absolute Gasteiger partial charge is 0.468 e. The normalized spacial score (nSPS) is 17.8. The second kappa shape index (κ2) is 7.04. The quantitative estimate of drug-likeness (QED) is 0.863. The molecule has 0 radical (unpaired) electrons. The maximum atomic E-state index is 14.0. The molecule has 0 aliphatic heterocycles. The van der Waals surface area contributed by atoms with Gasteiger partial charge in [-0.1, -0.05) is 36.9 Å². The van der Waals surface area contributed by atoms with Gasteiger partial charge >= 0.3 is 5.97 Å². The SMILES string of the molecule is COC(=O)C(NC1CCCCC1)c1ccc(Cl)cc1F. The number of hydrogen-bond donors (Lipinski definition) is 1. The summed E-state index contributed by atoms with van der Waals surface area (Å²) < 4.78 is 18.8. The zero-order valence-electron chi connectivity index (χ0n) is 11.5. The highest BCUT2D eigenvalue weighted by molar-refractivity contribution is 6.30. The van der Waals surface area contributed by atoms with Crippen LogP contribution in [-0.2, 0) is 9.53 Å². The van der Waals surface area contributed by atoms with Crippen LogP contribution < -0.4 is 5.32 Å². The van der Waals surface area contributed by atoms with E-state index in [9.17, 15) is 9.18 Å². The van der Waals surface area contributed by atoms with Crippen molar-refractivity contribution in [2.75, 3.05) is 7.11 Å². The summed E-state index contributed by atoms with van der Waals surface area (Å²) in [5, 5.41) is 3.54. The molecule has 1 aliphatic rings. The van der Waals surface area contributed by atoms with Gasteiger partial charge in [0.2, 0.25) is 0 Å². The lowest BCUT2D eigenvalue weighted by Crippen LogP contribution is -2.39. The fourth-order valence-corrected chi connectivity index (χ4v) is 2.80. The van der Waals surface area contributed by atoms with Crippen LogP contribution in [0.25, 0.3) is 0 Å². The Labute approximate surface area is 123 Å². The Morgan fingerprint density at radius 3 is 2.70 bits per heavy atom. The summed E-state index contributed by atoms with van der Waals surface area (Å²) in [4.78, 5) is 11.9. The first-order valence-electron chi connectivity index (χ1n) is 6.90. The van der Waals surface area contributed by atoms with E-state index in [1.54, 1.807) is 6.07 Å². The van der Waals surface area contributed by atoms with Gasteiger partial charge in [0.25, 0.3) is 0 Å². The van der Waals surface area contributed by atoms with Crippen LogP contribution in [0.5, 0.6) is 0 Å². The highest BCUT2D eigenvalue weighted by atomic mass is 35.5. The molecular formula is C15H19ClFNO2. The van der Waals surface area contributed by atoms with Crippen molar-refractivity contribution >= 4 is 17.6 Å². The first kappa shape index (κ1) is 15.3. The van der Waals surface area contributed by atoms with E-state index in [1.165, 1.54) is 25.7 Å². The molecule has 0 amide bonds. The maximum absolute atomic E-state index is 14.0. The predicted octanol–water partition coefficient (Wildman–Crippen LogP) is 3.62. The van der Waals surface area contributed by atoms with Crippen LogP contribution in [0.3, 0.4) is 0 Å². The molecule has 0 bridgehead atoms. The molecule has 0 saturated heterocycles. The Kier molecular flexibility index (Phi) is 5.38. The van der Waals surface area contributed by atoms with Crippen LogP contribution in [-0.4, -0.2) is 19.1 Å². The van der Waals surface area contributed by atoms with Crippen molar-refractivity contribution in [3.63, 3.8) is 0 Å². The number of carbonyl (C=O) groups is 1. The number of rotatable bonds is 4. The molecule has 0 spiro atoms. The summed E-state index contributed by atoms with van der Waals surface area (Å²) in [7, 11) is 1.31. The first-order valence-corrected chi connectivity index (χ1v) is 7.28. The van der Waals surface area contributed by atoms with Crippen LogP contribution in [0.4, 0.5) is 4.39 Å². The molecule has 1 aromatic carbocycles. The Hall–Kier alpha value is -1.13. The molecule has 1 aromatic rings. The van der Waals surface area contributed by atoms with E-state index in [4.69, 9.17) is 16.3 Å². The van der Waals surface area contributed by atoms with E-state index in [1.807, 2.05) is 0 Å². The minimum Gasteiger partial charge on any atom is -0.468 e. The third-order valence-electron chi connectivity index (χ3n) is 3.72. The molecule has 1 fully saturated rings. The van der Waals surface area contributed by atoms with Gasteiger partial charge in [0.15, 0.2) is 0 Å². The lowest BCUT2D eigenvalue weighted by Gasteiger charge is -2.27. The van der Waals surface area contributed by atoms with E-state index < -0.39 is 17.8 Å². The Morgan fingerprint density at radius 1 is 1.40 bits per heavy atom. The number of nitrogens with one attached hydrogen (secondary N) is 1. The van der Waals surface area contributed by atoms with Gasteiger partial charge in [-0.3, -0.25) is 5.32 Å². The Balaban J connectivity index is 2.20. The summed E-state index contributed by atoms with van der Waals surface area (Å²) in [5.74, 6) is -0.965. The highest BCUT2D eigenvalue weighted by Crippen LogP contribution is 2.25. The smallest absolute Gasteiger partial charge is 0.327 e. The van der Waals surface area contributed by atoms with Crippen molar-refractivity contribution in [2.45, 2.75) is 44.2 Å². The van der Waals surface area contributed by atoms with E-state index in [2.05, 4.69) is 5.32 Å². The number of esters is 1. The van der Waals surface area contributed by atoms with Gasteiger partial charge in [0.1, 0.15) is 11.9 Å². The van der Waals surface area contributed by atoms with Gasteiger partial charge in [0.05, 0.1) is 7.11 Å². The molecule has 5 heteroatoms. The number of benzene rings is 1. The summed E-state index contributed by atoms with van der Waals surface area (Å²) in [6.07, 6.45) is 5.49. The first-order chi connectivity index (χ1) is 9.61. The number of methoxy groups -OCH3 is 1. The lowest BCUT2D eigenvalue weighted by atomic mass is 9.94. The monoisotopic (exact) mass is 299 g/mol. The summed E-state index contributed by atoms with van der Waals surface area (Å²) in [6, 6.07) is 3.78. The molecule has 3 nitrogen and oxygen atoms in total. The highest BCUT2D eigenvalue weighted by Gasteiger charge is 2.27. The molecule has 110 valence electrons. The molecule has 2 rings (SSSR count). The van der Waals surface area contributed by atoms with E-state index in [-0.39, 0.29) is 11.6 Å². The molecule has 1 unspecified atom stereocenters. The average molecular weight is 300 g/mol. The van der Waals surface area contributed by atoms with Gasteiger partial charge in [-0.15, -0.1) is 0 Å². The van der Waals surface area contributed by atoms with Crippen molar-refractivity contribution in [1.29, 1.82) is 0 Å². The molecule has 1 atom stereocenters. The molecular weight excluding hydrogens is 281 g/mol. The number of hydrogen-bond acceptors (Lipinski definition) is 3. The second-order valence-electron chi connectivity index (χ2n) is 5.12. The minimum absolute atomic E-state index is 0.225. The summed E-state index contributed by atoms with van der Waals surface area (Å²) in [6.45, 7) is 0. The van der Waals surface area contributed by atoms with Gasteiger partial charge in [-0.25, -0.2) is 9.18 Å². The fraction of sp³-hybridized carbons (Fsp3) is 0.533. The van der Waals surface area contributed by atoms with Gasteiger partial charge in [0, 0.05) is 16.6 Å². The zero-order chi connectivity index (χ0) is 14.5. The predicted molar refractivity (Wildman–Crippen MR) is 76.2 cm³/mol.